The highest BCUT2D eigenvalue weighted by atomic mass is 35.5. The van der Waals surface area contributed by atoms with Crippen LogP contribution in [0.2, 0.25) is 5.15 Å². The predicted molar refractivity (Wildman–Crippen MR) is 79.7 cm³/mol. The maximum atomic E-state index is 12.1. The lowest BCUT2D eigenvalue weighted by molar-refractivity contribution is 0.407. The lowest BCUT2D eigenvalue weighted by Gasteiger charge is -2.14. The summed E-state index contributed by atoms with van der Waals surface area (Å²) in [6.07, 6.45) is 0.643. The van der Waals surface area contributed by atoms with E-state index in [-0.39, 0.29) is 10.7 Å². The van der Waals surface area contributed by atoms with Crippen LogP contribution < -0.4 is 10.3 Å². The van der Waals surface area contributed by atoms with Crippen LogP contribution >= 0.6 is 11.6 Å². The molecule has 0 fully saturated rings. The molecule has 0 unspecified atom stereocenters. The van der Waals surface area contributed by atoms with Crippen LogP contribution in [0.15, 0.2) is 29.1 Å². The Morgan fingerprint density at radius 1 is 1.35 bits per heavy atom. The number of ether oxygens (including phenoxy) is 1. The fraction of sp³-hybridized carbons (Fsp3) is 0.333. The van der Waals surface area contributed by atoms with Gasteiger partial charge in [0, 0.05) is 18.1 Å². The summed E-state index contributed by atoms with van der Waals surface area (Å²) in [5.74, 6) is 1.44. The molecule has 0 atom stereocenters. The SMILES string of the molecule is CCc1nc(Cl)cc(=O)n1Cc1cc(C)ccc1OC. The maximum Gasteiger partial charge on any atom is 0.255 e. The lowest BCUT2D eigenvalue weighted by atomic mass is 10.1. The highest BCUT2D eigenvalue weighted by molar-refractivity contribution is 6.29. The molecule has 0 amide bonds. The molecule has 1 aromatic heterocycles. The Hall–Kier alpha value is -1.81. The van der Waals surface area contributed by atoms with E-state index in [1.54, 1.807) is 11.7 Å². The first kappa shape index (κ1) is 14.6. The molecule has 0 saturated heterocycles. The van der Waals surface area contributed by atoms with E-state index in [0.717, 1.165) is 16.9 Å². The van der Waals surface area contributed by atoms with Crippen molar-refractivity contribution in [1.82, 2.24) is 9.55 Å². The molecule has 2 aromatic rings. The molecule has 0 aliphatic carbocycles. The number of hydrogen-bond acceptors (Lipinski definition) is 3. The summed E-state index contributed by atoms with van der Waals surface area (Å²) >= 11 is 5.84. The van der Waals surface area contributed by atoms with Gasteiger partial charge in [0.2, 0.25) is 0 Å². The van der Waals surface area contributed by atoms with Gasteiger partial charge in [0.15, 0.2) is 0 Å². The molecule has 20 heavy (non-hydrogen) atoms. The number of hydrogen-bond donors (Lipinski definition) is 0. The predicted octanol–water partition coefficient (Wildman–Crippen LogP) is 2.82. The zero-order valence-electron chi connectivity index (χ0n) is 11.8. The third-order valence-electron chi connectivity index (χ3n) is 3.14. The van der Waals surface area contributed by atoms with Crippen molar-refractivity contribution in [3.63, 3.8) is 0 Å². The normalized spacial score (nSPS) is 10.6. The highest BCUT2D eigenvalue weighted by Crippen LogP contribution is 2.20. The molecule has 0 bridgehead atoms. The molecular weight excluding hydrogens is 276 g/mol. The van der Waals surface area contributed by atoms with E-state index in [4.69, 9.17) is 16.3 Å². The summed E-state index contributed by atoms with van der Waals surface area (Å²) in [6, 6.07) is 7.24. The van der Waals surface area contributed by atoms with E-state index in [1.807, 2.05) is 32.0 Å². The van der Waals surface area contributed by atoms with Crippen LogP contribution in [0.25, 0.3) is 0 Å². The number of methoxy groups -OCH3 is 1. The van der Waals surface area contributed by atoms with Gasteiger partial charge in [-0.3, -0.25) is 9.36 Å². The van der Waals surface area contributed by atoms with Crippen molar-refractivity contribution in [3.05, 3.63) is 56.7 Å². The van der Waals surface area contributed by atoms with E-state index >= 15 is 0 Å². The topological polar surface area (TPSA) is 44.1 Å². The average molecular weight is 293 g/mol. The Morgan fingerprint density at radius 3 is 2.75 bits per heavy atom. The summed E-state index contributed by atoms with van der Waals surface area (Å²) in [4.78, 5) is 16.3. The van der Waals surface area contributed by atoms with Gasteiger partial charge in [-0.2, -0.15) is 0 Å². The molecule has 106 valence electrons. The first-order valence-corrected chi connectivity index (χ1v) is 6.82. The second-order valence-electron chi connectivity index (χ2n) is 4.59. The van der Waals surface area contributed by atoms with Crippen molar-refractivity contribution in [1.29, 1.82) is 0 Å². The number of halogens is 1. The molecule has 0 N–H and O–H groups in total. The minimum absolute atomic E-state index is 0.148. The summed E-state index contributed by atoms with van der Waals surface area (Å²) < 4.78 is 6.98. The third-order valence-corrected chi connectivity index (χ3v) is 3.33. The molecule has 5 heteroatoms. The maximum absolute atomic E-state index is 12.1. The quantitative estimate of drug-likeness (QED) is 0.814. The molecule has 0 spiro atoms. The lowest BCUT2D eigenvalue weighted by Crippen LogP contribution is -2.25. The van der Waals surface area contributed by atoms with Crippen molar-refractivity contribution < 1.29 is 4.74 Å². The number of nitrogens with zero attached hydrogens (tertiary/aromatic N) is 2. The zero-order valence-corrected chi connectivity index (χ0v) is 12.6. The minimum Gasteiger partial charge on any atom is -0.496 e. The summed E-state index contributed by atoms with van der Waals surface area (Å²) in [6.45, 7) is 4.38. The Morgan fingerprint density at radius 2 is 2.10 bits per heavy atom. The Balaban J connectivity index is 2.50. The van der Waals surface area contributed by atoms with Crippen molar-refractivity contribution in [2.24, 2.45) is 0 Å². The minimum atomic E-state index is -0.148. The van der Waals surface area contributed by atoms with Gasteiger partial charge >= 0.3 is 0 Å². The van der Waals surface area contributed by atoms with E-state index in [0.29, 0.717) is 18.8 Å². The molecule has 0 aliphatic rings. The fourth-order valence-corrected chi connectivity index (χ4v) is 2.35. The summed E-state index contributed by atoms with van der Waals surface area (Å²) in [5, 5.41) is 0.235. The molecule has 2 rings (SSSR count). The second-order valence-corrected chi connectivity index (χ2v) is 4.98. The molecule has 0 radical (unpaired) electrons. The first-order chi connectivity index (χ1) is 9.55. The number of benzene rings is 1. The summed E-state index contributed by atoms with van der Waals surface area (Å²) in [7, 11) is 1.62. The largest absolute Gasteiger partial charge is 0.496 e. The molecule has 1 heterocycles. The molecule has 1 aromatic carbocycles. The van der Waals surface area contributed by atoms with Crippen LogP contribution in [-0.4, -0.2) is 16.7 Å². The van der Waals surface area contributed by atoms with Crippen molar-refractivity contribution >= 4 is 11.6 Å². The van der Waals surface area contributed by atoms with Gasteiger partial charge in [0.25, 0.3) is 5.56 Å². The van der Waals surface area contributed by atoms with Crippen molar-refractivity contribution in [2.45, 2.75) is 26.8 Å². The van der Waals surface area contributed by atoms with Crippen molar-refractivity contribution in [3.8, 4) is 5.75 Å². The molecule has 4 nitrogen and oxygen atoms in total. The van der Waals surface area contributed by atoms with Gasteiger partial charge in [0.05, 0.1) is 13.7 Å². The van der Waals surface area contributed by atoms with Crippen LogP contribution in [0.1, 0.15) is 23.9 Å². The standard InChI is InChI=1S/C15H17ClN2O2/c1-4-14-17-13(16)8-15(19)18(14)9-11-7-10(2)5-6-12(11)20-3/h5-8H,4,9H2,1-3H3. The van der Waals surface area contributed by atoms with Crippen LogP contribution in [0.4, 0.5) is 0 Å². The summed E-state index contributed by atoms with van der Waals surface area (Å²) in [5.41, 5.74) is 1.92. The monoisotopic (exact) mass is 292 g/mol. The van der Waals surface area contributed by atoms with E-state index in [2.05, 4.69) is 4.98 Å². The van der Waals surface area contributed by atoms with Gasteiger partial charge in [-0.1, -0.05) is 36.2 Å². The Labute approximate surface area is 123 Å². The average Bonchev–Trinajstić information content (AvgIpc) is 2.41. The van der Waals surface area contributed by atoms with Gasteiger partial charge in [-0.15, -0.1) is 0 Å². The highest BCUT2D eigenvalue weighted by Gasteiger charge is 2.10. The van der Waals surface area contributed by atoms with Crippen LogP contribution in [0.5, 0.6) is 5.75 Å². The van der Waals surface area contributed by atoms with E-state index in [1.165, 1.54) is 6.07 Å². The molecular formula is C15H17ClN2O2. The van der Waals surface area contributed by atoms with Crippen LogP contribution in [0, 0.1) is 6.92 Å². The zero-order chi connectivity index (χ0) is 14.7. The smallest absolute Gasteiger partial charge is 0.255 e. The van der Waals surface area contributed by atoms with Crippen molar-refractivity contribution in [2.75, 3.05) is 7.11 Å². The van der Waals surface area contributed by atoms with Crippen LogP contribution in [0.3, 0.4) is 0 Å². The fourth-order valence-electron chi connectivity index (χ4n) is 2.16. The Kier molecular flexibility index (Phi) is 4.45. The number of aromatic nitrogens is 2. The molecule has 0 saturated carbocycles. The first-order valence-electron chi connectivity index (χ1n) is 6.45. The van der Waals surface area contributed by atoms with E-state index in [9.17, 15) is 4.79 Å². The van der Waals surface area contributed by atoms with Gasteiger partial charge in [-0.05, 0) is 13.0 Å². The number of aryl methyl sites for hydroxylation is 2. The van der Waals surface area contributed by atoms with Gasteiger partial charge < -0.3 is 4.74 Å². The van der Waals surface area contributed by atoms with Gasteiger partial charge in [-0.25, -0.2) is 4.98 Å². The second kappa shape index (κ2) is 6.09. The van der Waals surface area contributed by atoms with Crippen LogP contribution in [-0.2, 0) is 13.0 Å². The van der Waals surface area contributed by atoms with Gasteiger partial charge in [0.1, 0.15) is 16.7 Å². The Bertz CT molecular complexity index is 680. The number of rotatable bonds is 4. The van der Waals surface area contributed by atoms with E-state index < -0.39 is 0 Å². The molecule has 0 aliphatic heterocycles. The third kappa shape index (κ3) is 3.02.